The number of benzene rings is 3. The minimum Gasteiger partial charge on any atom is -0.370 e. The standard InChI is InChI=1S/C46H61N11O8/c1-28(2)39(44(64)55-36(25-31-13-7-5-8-14-31)41(61)51-26-32-15-9-6-10-16-32)56-40(60)33-19-21-34(22-20-33)53-42(62)35(17-11-23-49-46(47)48)54-43(63)37-18-12-24-57(37)45(65)29(3)52-38(59)27-50-30(4)58/h5-10,13-16,19-22,28-29,35-37,39H,11-12,17-18,23-27H2,1-4H3,(H,50,58)(H,51,61)(H,52,59)(H,53,62)(H,54,63)(H,55,64)(H,56,60)(H4,47,48,49)/t29-,35-,36-,37-,39-/m0/s1. The first kappa shape index (κ1) is 50.3. The van der Waals surface area contributed by atoms with Gasteiger partial charge in [0.05, 0.1) is 6.54 Å². The molecule has 0 aliphatic carbocycles. The fourth-order valence-corrected chi connectivity index (χ4v) is 7.07. The molecule has 0 saturated carbocycles. The molecule has 1 heterocycles. The molecular formula is C46H61N11O8. The van der Waals surface area contributed by atoms with E-state index in [1.165, 1.54) is 43.0 Å². The Morgan fingerprint density at radius 3 is 2.00 bits per heavy atom. The third kappa shape index (κ3) is 16.4. The van der Waals surface area contributed by atoms with Crippen LogP contribution in [0.1, 0.15) is 74.9 Å². The molecule has 5 atom stereocenters. The highest BCUT2D eigenvalue weighted by Gasteiger charge is 2.38. The molecule has 3 aromatic carbocycles. The molecule has 8 amide bonds. The number of hydrogen-bond acceptors (Lipinski definition) is 9. The molecular weight excluding hydrogens is 835 g/mol. The van der Waals surface area contributed by atoms with Gasteiger partial charge in [0.25, 0.3) is 5.91 Å². The van der Waals surface area contributed by atoms with Gasteiger partial charge in [-0.3, -0.25) is 43.3 Å². The number of guanidine groups is 1. The van der Waals surface area contributed by atoms with Crippen molar-refractivity contribution in [3.8, 4) is 0 Å². The second-order valence-electron chi connectivity index (χ2n) is 16.1. The minimum atomic E-state index is -1.08. The summed E-state index contributed by atoms with van der Waals surface area (Å²) in [5.74, 6) is -4.58. The Bertz CT molecular complexity index is 2150. The van der Waals surface area contributed by atoms with Crippen LogP contribution in [0.2, 0.25) is 0 Å². The zero-order valence-corrected chi connectivity index (χ0v) is 37.2. The summed E-state index contributed by atoms with van der Waals surface area (Å²) in [6.45, 7) is 6.69. The van der Waals surface area contributed by atoms with Crippen LogP contribution >= 0.6 is 0 Å². The molecule has 1 fully saturated rings. The molecule has 3 aromatic rings. The Morgan fingerprint density at radius 1 is 0.738 bits per heavy atom. The number of carbonyl (C=O) groups excluding carboxylic acids is 8. The monoisotopic (exact) mass is 895 g/mol. The van der Waals surface area contributed by atoms with E-state index in [1.807, 2.05) is 60.7 Å². The van der Waals surface area contributed by atoms with E-state index in [2.05, 4.69) is 42.2 Å². The van der Waals surface area contributed by atoms with E-state index in [0.29, 0.717) is 24.9 Å². The van der Waals surface area contributed by atoms with Crippen molar-refractivity contribution in [1.29, 1.82) is 0 Å². The number of carbonyl (C=O) groups is 8. The molecule has 1 saturated heterocycles. The van der Waals surface area contributed by atoms with Crippen molar-refractivity contribution >= 4 is 58.9 Å². The average Bonchev–Trinajstić information content (AvgIpc) is 3.78. The third-order valence-corrected chi connectivity index (χ3v) is 10.5. The first-order chi connectivity index (χ1) is 31.0. The van der Waals surface area contributed by atoms with E-state index < -0.39 is 71.6 Å². The lowest BCUT2D eigenvalue weighted by Crippen LogP contribution is -2.56. The van der Waals surface area contributed by atoms with Gasteiger partial charge in [0.15, 0.2) is 5.96 Å². The third-order valence-electron chi connectivity index (χ3n) is 10.5. The maximum absolute atomic E-state index is 13.8. The number of nitrogens with one attached hydrogen (secondary N) is 7. The SMILES string of the molecule is CC(=O)NCC(=O)N[C@@H](C)C(=O)N1CCC[C@H]1C(=O)N[C@@H](CCCN=C(N)N)C(=O)Nc1ccc(C(=O)N[C@H](C(=O)N[C@@H](Cc2ccccc2)C(=O)NCc2ccccc2)C(C)C)cc1. The van der Waals surface area contributed by atoms with Gasteiger partial charge in [0.1, 0.15) is 30.2 Å². The van der Waals surface area contributed by atoms with E-state index >= 15 is 0 Å². The van der Waals surface area contributed by atoms with Crippen molar-refractivity contribution in [3.05, 3.63) is 102 Å². The van der Waals surface area contributed by atoms with Gasteiger partial charge in [-0.05, 0) is 73.9 Å². The smallest absolute Gasteiger partial charge is 0.251 e. The molecule has 4 rings (SSSR count). The van der Waals surface area contributed by atoms with Gasteiger partial charge in [-0.25, -0.2) is 0 Å². The highest BCUT2D eigenvalue weighted by Crippen LogP contribution is 2.20. The Hall–Kier alpha value is -7.31. The Morgan fingerprint density at radius 2 is 1.38 bits per heavy atom. The summed E-state index contributed by atoms with van der Waals surface area (Å²) in [5.41, 5.74) is 13.2. The van der Waals surface area contributed by atoms with Gasteiger partial charge in [-0.1, -0.05) is 74.5 Å². The second kappa shape index (κ2) is 25.1. The van der Waals surface area contributed by atoms with E-state index in [1.54, 1.807) is 13.8 Å². The van der Waals surface area contributed by atoms with Crippen molar-refractivity contribution in [2.24, 2.45) is 22.4 Å². The molecule has 0 bridgehead atoms. The lowest BCUT2D eigenvalue weighted by molar-refractivity contribution is -0.141. The van der Waals surface area contributed by atoms with E-state index in [4.69, 9.17) is 11.5 Å². The number of rotatable bonds is 22. The van der Waals surface area contributed by atoms with Crippen molar-refractivity contribution < 1.29 is 38.4 Å². The fourth-order valence-electron chi connectivity index (χ4n) is 7.07. The Labute approximate surface area is 378 Å². The summed E-state index contributed by atoms with van der Waals surface area (Å²) >= 11 is 0. The quantitative estimate of drug-likeness (QED) is 0.0385. The molecule has 65 heavy (non-hydrogen) atoms. The van der Waals surface area contributed by atoms with Crippen molar-refractivity contribution in [1.82, 2.24) is 36.8 Å². The molecule has 0 spiro atoms. The van der Waals surface area contributed by atoms with E-state index in [-0.39, 0.29) is 62.4 Å². The number of amides is 8. The lowest BCUT2D eigenvalue weighted by atomic mass is 10.0. The molecule has 1 aliphatic rings. The van der Waals surface area contributed by atoms with Gasteiger partial charge in [0.2, 0.25) is 41.4 Å². The zero-order chi connectivity index (χ0) is 47.5. The number of likely N-dealkylation sites (tertiary alicyclic amines) is 1. The summed E-state index contributed by atoms with van der Waals surface area (Å²) < 4.78 is 0. The highest BCUT2D eigenvalue weighted by atomic mass is 16.2. The van der Waals surface area contributed by atoms with Crippen molar-refractivity contribution in [2.45, 2.75) is 96.6 Å². The summed E-state index contributed by atoms with van der Waals surface area (Å²) in [7, 11) is 0. The molecule has 0 radical (unpaired) electrons. The maximum Gasteiger partial charge on any atom is 0.251 e. The Kier molecular flexibility index (Phi) is 19.4. The molecule has 0 unspecified atom stereocenters. The largest absolute Gasteiger partial charge is 0.370 e. The topological polar surface area (TPSA) is 288 Å². The summed E-state index contributed by atoms with van der Waals surface area (Å²) in [6.07, 6.45) is 1.51. The van der Waals surface area contributed by atoms with Crippen molar-refractivity contribution in [3.63, 3.8) is 0 Å². The van der Waals surface area contributed by atoms with E-state index in [9.17, 15) is 38.4 Å². The number of anilines is 1. The Balaban J connectivity index is 1.40. The maximum atomic E-state index is 13.8. The predicted molar refractivity (Wildman–Crippen MR) is 244 cm³/mol. The van der Waals surface area contributed by atoms with Crippen LogP contribution in [-0.4, -0.2) is 108 Å². The molecule has 1 aliphatic heterocycles. The van der Waals surface area contributed by atoms with Crippen molar-refractivity contribution in [2.75, 3.05) is 25.0 Å². The molecule has 11 N–H and O–H groups in total. The van der Waals surface area contributed by atoms with Crippen LogP contribution < -0.4 is 48.7 Å². The van der Waals surface area contributed by atoms with Crippen LogP contribution in [0.15, 0.2) is 89.9 Å². The van der Waals surface area contributed by atoms with Gasteiger partial charge >= 0.3 is 0 Å². The summed E-state index contributed by atoms with van der Waals surface area (Å²) in [6, 6.07) is 19.7. The van der Waals surface area contributed by atoms with Crippen LogP contribution in [0, 0.1) is 5.92 Å². The zero-order valence-electron chi connectivity index (χ0n) is 37.2. The fraction of sp³-hybridized carbons (Fsp3) is 0.413. The van der Waals surface area contributed by atoms with Crippen LogP contribution in [0.5, 0.6) is 0 Å². The minimum absolute atomic E-state index is 0.130. The van der Waals surface area contributed by atoms with Crippen LogP contribution in [0.3, 0.4) is 0 Å². The van der Waals surface area contributed by atoms with E-state index in [0.717, 1.165) is 11.1 Å². The number of nitrogens with zero attached hydrogens (tertiary/aromatic N) is 2. The van der Waals surface area contributed by atoms with Gasteiger partial charge < -0.3 is 53.6 Å². The molecule has 19 nitrogen and oxygen atoms in total. The lowest BCUT2D eigenvalue weighted by Gasteiger charge is -2.28. The molecule has 19 heteroatoms. The first-order valence-electron chi connectivity index (χ1n) is 21.6. The predicted octanol–water partition coefficient (Wildman–Crippen LogP) is 0.594. The van der Waals surface area contributed by atoms with Gasteiger partial charge in [0, 0.05) is 44.2 Å². The normalized spacial score (nSPS) is 15.0. The second-order valence-corrected chi connectivity index (χ2v) is 16.1. The highest BCUT2D eigenvalue weighted by molar-refractivity contribution is 6.01. The van der Waals surface area contributed by atoms with Crippen LogP contribution in [0.25, 0.3) is 0 Å². The van der Waals surface area contributed by atoms with Gasteiger partial charge in [-0.2, -0.15) is 0 Å². The van der Waals surface area contributed by atoms with Crippen LogP contribution in [-0.2, 0) is 46.5 Å². The molecule has 0 aromatic heterocycles. The first-order valence-corrected chi connectivity index (χ1v) is 21.6. The van der Waals surface area contributed by atoms with Crippen LogP contribution in [0.4, 0.5) is 5.69 Å². The molecule has 348 valence electrons. The average molecular weight is 896 g/mol. The summed E-state index contributed by atoms with van der Waals surface area (Å²) in [4.78, 5) is 110. The van der Waals surface area contributed by atoms with Gasteiger partial charge in [-0.15, -0.1) is 0 Å². The number of nitrogens with two attached hydrogens (primary N) is 2. The number of hydrogen-bond donors (Lipinski definition) is 9. The summed E-state index contributed by atoms with van der Waals surface area (Å²) in [5, 5.41) is 19.0. The number of aliphatic imine (C=N–C) groups is 1.